The average Bonchev–Trinajstić information content (AvgIpc) is 1.99. The predicted octanol–water partition coefficient (Wildman–Crippen LogP) is 0.0788. The monoisotopic (exact) mass is 195 g/mol. The highest BCUT2D eigenvalue weighted by molar-refractivity contribution is 7.54. The van der Waals surface area contributed by atoms with Crippen LogP contribution in [0.3, 0.4) is 0 Å². The zero-order valence-electron chi connectivity index (χ0n) is 7.37. The fourth-order valence-electron chi connectivity index (χ4n) is 0.768. The van der Waals surface area contributed by atoms with Gasteiger partial charge in [-0.25, -0.2) is 0 Å². The molecule has 72 valence electrons. The maximum Gasteiger partial charge on any atom is 0.340 e. The van der Waals surface area contributed by atoms with E-state index < -0.39 is 18.7 Å². The molecule has 6 heteroatoms. The molecule has 1 unspecified atom stereocenters. The van der Waals surface area contributed by atoms with E-state index in [1.807, 2.05) is 0 Å². The number of nitrogens with one attached hydrogen (secondary N) is 1. The molecular weight excluding hydrogens is 181 g/mol. The highest BCUT2D eigenvalue weighted by Gasteiger charge is 2.47. The van der Waals surface area contributed by atoms with Crippen LogP contribution in [0.25, 0.3) is 0 Å². The van der Waals surface area contributed by atoms with E-state index in [1.165, 1.54) is 14.0 Å². The maximum atomic E-state index is 11.1. The molecule has 5 nitrogen and oxygen atoms in total. The maximum absolute atomic E-state index is 11.1. The van der Waals surface area contributed by atoms with Gasteiger partial charge < -0.3 is 15.1 Å². The van der Waals surface area contributed by atoms with E-state index in [4.69, 9.17) is 9.79 Å². The van der Waals surface area contributed by atoms with Gasteiger partial charge >= 0.3 is 7.60 Å². The molecule has 0 spiro atoms. The Balaban J connectivity index is 4.94. The quantitative estimate of drug-likeness (QED) is 0.556. The Morgan fingerprint density at radius 3 is 2.08 bits per heavy atom. The Bertz CT molecular complexity index is 224. The fraction of sp³-hybridized carbons (Fsp3) is 0.833. The second-order valence-electron chi connectivity index (χ2n) is 2.75. The molecule has 1 atom stereocenters. The number of carbonyl (C=O) groups is 1. The zero-order valence-corrected chi connectivity index (χ0v) is 8.26. The van der Waals surface area contributed by atoms with Gasteiger partial charge in [0.15, 0.2) is 0 Å². The molecule has 0 fully saturated rings. The van der Waals surface area contributed by atoms with Crippen LogP contribution in [0.1, 0.15) is 20.3 Å². The molecule has 0 rings (SSSR count). The van der Waals surface area contributed by atoms with E-state index in [0.717, 1.165) is 0 Å². The molecule has 0 aliphatic rings. The molecule has 0 saturated heterocycles. The smallest absolute Gasteiger partial charge is 0.340 e. The number of carbonyl (C=O) groups excluding carboxylic acids is 1. The van der Waals surface area contributed by atoms with Crippen molar-refractivity contribution in [3.8, 4) is 0 Å². The molecule has 0 aromatic rings. The average molecular weight is 195 g/mol. The summed E-state index contributed by atoms with van der Waals surface area (Å²) in [5, 5.41) is 0.636. The Kier molecular flexibility index (Phi) is 3.45. The Morgan fingerprint density at radius 1 is 1.58 bits per heavy atom. The van der Waals surface area contributed by atoms with Gasteiger partial charge in [0.25, 0.3) is 0 Å². The lowest BCUT2D eigenvalue weighted by Crippen LogP contribution is -2.42. The van der Waals surface area contributed by atoms with E-state index >= 15 is 0 Å². The van der Waals surface area contributed by atoms with E-state index in [0.29, 0.717) is 0 Å². The van der Waals surface area contributed by atoms with Gasteiger partial charge in [-0.05, 0) is 13.3 Å². The number of amides is 1. The van der Waals surface area contributed by atoms with Crippen LogP contribution in [0.15, 0.2) is 0 Å². The lowest BCUT2D eigenvalue weighted by molar-refractivity contribution is -0.123. The van der Waals surface area contributed by atoms with E-state index in [-0.39, 0.29) is 6.42 Å². The van der Waals surface area contributed by atoms with Gasteiger partial charge in [-0.15, -0.1) is 0 Å². The van der Waals surface area contributed by atoms with Crippen molar-refractivity contribution in [3.63, 3.8) is 0 Å². The van der Waals surface area contributed by atoms with Crippen LogP contribution >= 0.6 is 7.60 Å². The van der Waals surface area contributed by atoms with Crippen molar-refractivity contribution in [2.75, 3.05) is 7.05 Å². The number of hydrogen-bond acceptors (Lipinski definition) is 2. The molecule has 3 N–H and O–H groups in total. The zero-order chi connectivity index (χ0) is 9.99. The summed E-state index contributed by atoms with van der Waals surface area (Å²) in [6.45, 7) is 2.82. The number of rotatable bonds is 3. The summed E-state index contributed by atoms with van der Waals surface area (Å²) in [7, 11) is -3.02. The first-order valence-corrected chi connectivity index (χ1v) is 5.18. The van der Waals surface area contributed by atoms with Crippen molar-refractivity contribution >= 4 is 13.5 Å². The molecule has 0 bridgehead atoms. The second-order valence-corrected chi connectivity index (χ2v) is 4.83. The summed E-state index contributed by atoms with van der Waals surface area (Å²) in [4.78, 5) is 28.9. The largest absolute Gasteiger partial charge is 0.358 e. The van der Waals surface area contributed by atoms with E-state index in [9.17, 15) is 9.36 Å². The van der Waals surface area contributed by atoms with Gasteiger partial charge in [0.2, 0.25) is 5.91 Å². The van der Waals surface area contributed by atoms with E-state index in [2.05, 4.69) is 5.32 Å². The van der Waals surface area contributed by atoms with Gasteiger partial charge in [0.1, 0.15) is 5.16 Å². The summed E-state index contributed by atoms with van der Waals surface area (Å²) in [6.07, 6.45) is 0.108. The third-order valence-electron chi connectivity index (χ3n) is 2.05. The van der Waals surface area contributed by atoms with E-state index in [1.54, 1.807) is 6.92 Å². The molecule has 0 radical (unpaired) electrons. The summed E-state index contributed by atoms with van der Waals surface area (Å²) in [5.41, 5.74) is 0. The van der Waals surface area contributed by atoms with Crippen molar-refractivity contribution in [1.29, 1.82) is 0 Å². The molecule has 0 aromatic heterocycles. The summed E-state index contributed by atoms with van der Waals surface area (Å²) < 4.78 is 10.9. The minimum atomic E-state index is -4.37. The summed E-state index contributed by atoms with van der Waals surface area (Å²) >= 11 is 0. The molecule has 0 heterocycles. The number of hydrogen-bond donors (Lipinski definition) is 3. The normalized spacial score (nSPS) is 16.8. The first kappa shape index (κ1) is 11.6. The molecule has 12 heavy (non-hydrogen) atoms. The second kappa shape index (κ2) is 3.56. The molecule has 0 saturated carbocycles. The van der Waals surface area contributed by atoms with Crippen molar-refractivity contribution in [3.05, 3.63) is 0 Å². The van der Waals surface area contributed by atoms with Crippen LogP contribution in [0.2, 0.25) is 0 Å². The van der Waals surface area contributed by atoms with Gasteiger partial charge in [-0.2, -0.15) is 0 Å². The Labute approximate surface area is 71.3 Å². The van der Waals surface area contributed by atoms with Crippen molar-refractivity contribution in [2.45, 2.75) is 25.4 Å². The van der Waals surface area contributed by atoms with Crippen molar-refractivity contribution in [2.24, 2.45) is 0 Å². The molecule has 1 amide bonds. The van der Waals surface area contributed by atoms with Crippen molar-refractivity contribution in [1.82, 2.24) is 5.32 Å². The fourth-order valence-corrected chi connectivity index (χ4v) is 1.56. The topological polar surface area (TPSA) is 86.6 Å². The van der Waals surface area contributed by atoms with Gasteiger partial charge in [0.05, 0.1) is 0 Å². The molecule has 0 aromatic carbocycles. The van der Waals surface area contributed by atoms with Crippen LogP contribution in [-0.2, 0) is 9.36 Å². The minimum absolute atomic E-state index is 0.108. The first-order valence-electron chi connectivity index (χ1n) is 3.57. The summed E-state index contributed by atoms with van der Waals surface area (Å²) in [5.74, 6) is -0.627. The SMILES string of the molecule is CCC(C)(C(=O)NC)P(=O)(O)O. The van der Waals surface area contributed by atoms with Crippen LogP contribution in [0.4, 0.5) is 0 Å². The minimum Gasteiger partial charge on any atom is -0.358 e. The van der Waals surface area contributed by atoms with Crippen molar-refractivity contribution < 1.29 is 19.1 Å². The van der Waals surface area contributed by atoms with Gasteiger partial charge in [0, 0.05) is 7.05 Å². The Hall–Kier alpha value is -0.380. The highest BCUT2D eigenvalue weighted by atomic mass is 31.2. The molecule has 0 aliphatic carbocycles. The molecule has 0 aliphatic heterocycles. The third kappa shape index (κ3) is 1.86. The highest BCUT2D eigenvalue weighted by Crippen LogP contribution is 2.52. The van der Waals surface area contributed by atoms with Crippen LogP contribution < -0.4 is 5.32 Å². The third-order valence-corrected chi connectivity index (χ3v) is 3.85. The van der Waals surface area contributed by atoms with Crippen LogP contribution in [0, 0.1) is 0 Å². The predicted molar refractivity (Wildman–Crippen MR) is 44.8 cm³/mol. The Morgan fingerprint density at radius 2 is 2.00 bits per heavy atom. The van der Waals surface area contributed by atoms with Gasteiger partial charge in [-0.3, -0.25) is 9.36 Å². The van der Waals surface area contributed by atoms with Crippen LogP contribution in [0.5, 0.6) is 0 Å². The lowest BCUT2D eigenvalue weighted by atomic mass is 10.1. The lowest BCUT2D eigenvalue weighted by Gasteiger charge is -2.26. The first-order chi connectivity index (χ1) is 5.29. The molecular formula is C6H14NO4P. The van der Waals surface area contributed by atoms with Crippen LogP contribution in [-0.4, -0.2) is 27.9 Å². The van der Waals surface area contributed by atoms with Gasteiger partial charge in [-0.1, -0.05) is 6.92 Å². The summed E-state index contributed by atoms with van der Waals surface area (Å²) in [6, 6.07) is 0. The standard InChI is InChI=1S/C6H14NO4P/c1-4-6(2,5(8)7-3)12(9,10)11/h4H2,1-3H3,(H,7,8)(H2,9,10,11).